The molecule has 0 saturated carbocycles. The van der Waals surface area contributed by atoms with Crippen molar-refractivity contribution in [3.63, 3.8) is 0 Å². The zero-order valence-electron chi connectivity index (χ0n) is 9.34. The van der Waals surface area contributed by atoms with Crippen LogP contribution in [0.2, 0.25) is 0 Å². The van der Waals surface area contributed by atoms with Gasteiger partial charge >= 0.3 is 0 Å². The summed E-state index contributed by atoms with van der Waals surface area (Å²) in [7, 11) is 0. The van der Waals surface area contributed by atoms with Crippen LogP contribution in [0.15, 0.2) is 12.3 Å². The van der Waals surface area contributed by atoms with Gasteiger partial charge in [0.05, 0.1) is 11.5 Å². The van der Waals surface area contributed by atoms with E-state index in [0.29, 0.717) is 0 Å². The molecule has 1 aliphatic rings. The zero-order valence-corrected chi connectivity index (χ0v) is 9.34. The number of hydrogen-bond donors (Lipinski definition) is 0. The minimum Gasteiger partial charge on any atom is -0.375 e. The lowest BCUT2D eigenvalue weighted by Gasteiger charge is -2.27. The fraction of sp³-hybridized carbons (Fsp3) is 0.750. The van der Waals surface area contributed by atoms with Gasteiger partial charge in [0.1, 0.15) is 0 Å². The van der Waals surface area contributed by atoms with Crippen molar-refractivity contribution < 1.29 is 0 Å². The predicted molar refractivity (Wildman–Crippen MR) is 58.6 cm³/mol. The molecule has 2 heteroatoms. The molecule has 0 aromatic rings. The topological polar surface area (TPSA) is 27.0 Å². The molecular formula is C12H20N2. The highest BCUT2D eigenvalue weighted by molar-refractivity contribution is 5.07. The molecule has 1 rings (SSSR count). The molecule has 0 aliphatic carbocycles. The van der Waals surface area contributed by atoms with Gasteiger partial charge in [-0.1, -0.05) is 13.5 Å². The molecule has 1 aliphatic heterocycles. The Morgan fingerprint density at radius 1 is 1.50 bits per heavy atom. The molecule has 0 N–H and O–H groups in total. The van der Waals surface area contributed by atoms with Crippen LogP contribution in [0.1, 0.15) is 39.5 Å². The summed E-state index contributed by atoms with van der Waals surface area (Å²) >= 11 is 0. The van der Waals surface area contributed by atoms with E-state index in [0.717, 1.165) is 31.6 Å². The van der Waals surface area contributed by atoms with Crippen molar-refractivity contribution in [1.29, 1.82) is 5.26 Å². The van der Waals surface area contributed by atoms with E-state index in [-0.39, 0.29) is 5.41 Å². The molecule has 2 nitrogen and oxygen atoms in total. The maximum atomic E-state index is 9.07. The average molecular weight is 192 g/mol. The van der Waals surface area contributed by atoms with Crippen LogP contribution < -0.4 is 0 Å². The normalized spacial score (nSPS) is 20.2. The molecule has 0 radical (unpaired) electrons. The first kappa shape index (κ1) is 11.1. The SMILES string of the molecule is C=C(CC(C)(C#N)CC)N1CCCC1. The van der Waals surface area contributed by atoms with Crippen molar-refractivity contribution >= 4 is 0 Å². The molecule has 0 bridgehead atoms. The highest BCUT2D eigenvalue weighted by Crippen LogP contribution is 2.30. The highest BCUT2D eigenvalue weighted by Gasteiger charge is 2.25. The predicted octanol–water partition coefficient (Wildman–Crippen LogP) is 2.93. The van der Waals surface area contributed by atoms with Crippen LogP contribution in [-0.4, -0.2) is 18.0 Å². The van der Waals surface area contributed by atoms with Crippen LogP contribution in [0.4, 0.5) is 0 Å². The largest absolute Gasteiger partial charge is 0.375 e. The third-order valence-electron chi connectivity index (χ3n) is 3.20. The van der Waals surface area contributed by atoms with Crippen LogP contribution in [0.5, 0.6) is 0 Å². The molecule has 1 heterocycles. The Bertz CT molecular complexity index is 246. The summed E-state index contributed by atoms with van der Waals surface area (Å²) in [4.78, 5) is 2.32. The lowest BCUT2D eigenvalue weighted by atomic mass is 9.84. The van der Waals surface area contributed by atoms with Crippen LogP contribution in [-0.2, 0) is 0 Å². The van der Waals surface area contributed by atoms with E-state index in [2.05, 4.69) is 24.5 Å². The van der Waals surface area contributed by atoms with Crippen LogP contribution in [0.25, 0.3) is 0 Å². The Hall–Kier alpha value is -0.970. The minimum atomic E-state index is -0.223. The third-order valence-corrected chi connectivity index (χ3v) is 3.20. The van der Waals surface area contributed by atoms with E-state index in [4.69, 9.17) is 5.26 Å². The third kappa shape index (κ3) is 2.51. The van der Waals surface area contributed by atoms with Gasteiger partial charge in [0.2, 0.25) is 0 Å². The first-order chi connectivity index (χ1) is 6.61. The maximum Gasteiger partial charge on any atom is 0.0690 e. The first-order valence-corrected chi connectivity index (χ1v) is 5.45. The second-order valence-electron chi connectivity index (χ2n) is 4.46. The molecule has 78 valence electrons. The molecule has 1 saturated heterocycles. The minimum absolute atomic E-state index is 0.223. The van der Waals surface area contributed by atoms with Gasteiger partial charge in [0, 0.05) is 25.2 Å². The Morgan fingerprint density at radius 2 is 2.07 bits per heavy atom. The van der Waals surface area contributed by atoms with E-state index in [1.165, 1.54) is 12.8 Å². The number of hydrogen-bond acceptors (Lipinski definition) is 2. The molecule has 1 atom stereocenters. The Balaban J connectivity index is 2.51. The number of nitrogens with zero attached hydrogens (tertiary/aromatic N) is 2. The fourth-order valence-corrected chi connectivity index (χ4v) is 1.84. The van der Waals surface area contributed by atoms with Gasteiger partial charge in [0.25, 0.3) is 0 Å². The standard InChI is InChI=1S/C12H20N2/c1-4-12(3,10-13)9-11(2)14-7-5-6-8-14/h2,4-9H2,1,3H3. The molecule has 0 amide bonds. The van der Waals surface area contributed by atoms with Crippen molar-refractivity contribution in [2.75, 3.05) is 13.1 Å². The van der Waals surface area contributed by atoms with Crippen LogP contribution >= 0.6 is 0 Å². The molecule has 14 heavy (non-hydrogen) atoms. The number of likely N-dealkylation sites (tertiary alicyclic amines) is 1. The van der Waals surface area contributed by atoms with E-state index in [1.807, 2.05) is 6.92 Å². The van der Waals surface area contributed by atoms with E-state index in [1.54, 1.807) is 0 Å². The maximum absolute atomic E-state index is 9.07. The molecule has 0 spiro atoms. The number of allylic oxidation sites excluding steroid dienone is 1. The molecule has 0 aromatic heterocycles. The van der Waals surface area contributed by atoms with Crippen molar-refractivity contribution in [1.82, 2.24) is 4.90 Å². The number of nitriles is 1. The van der Waals surface area contributed by atoms with Gasteiger partial charge < -0.3 is 4.90 Å². The molecular weight excluding hydrogens is 172 g/mol. The summed E-state index contributed by atoms with van der Waals surface area (Å²) in [6, 6.07) is 2.39. The lowest BCUT2D eigenvalue weighted by molar-refractivity contribution is 0.337. The monoisotopic (exact) mass is 192 g/mol. The van der Waals surface area contributed by atoms with Crippen LogP contribution in [0, 0.1) is 16.7 Å². The Morgan fingerprint density at radius 3 is 2.50 bits per heavy atom. The second-order valence-corrected chi connectivity index (χ2v) is 4.46. The van der Waals surface area contributed by atoms with E-state index in [9.17, 15) is 0 Å². The second kappa shape index (κ2) is 4.50. The van der Waals surface area contributed by atoms with Gasteiger partial charge in [-0.25, -0.2) is 0 Å². The van der Waals surface area contributed by atoms with Crippen molar-refractivity contribution in [2.45, 2.75) is 39.5 Å². The highest BCUT2D eigenvalue weighted by atomic mass is 15.1. The summed E-state index contributed by atoms with van der Waals surface area (Å²) < 4.78 is 0. The van der Waals surface area contributed by atoms with Crippen molar-refractivity contribution in [2.24, 2.45) is 5.41 Å². The smallest absolute Gasteiger partial charge is 0.0690 e. The number of rotatable bonds is 4. The van der Waals surface area contributed by atoms with Gasteiger partial charge in [0.15, 0.2) is 0 Å². The quantitative estimate of drug-likeness (QED) is 0.684. The van der Waals surface area contributed by atoms with Crippen molar-refractivity contribution in [3.05, 3.63) is 12.3 Å². The van der Waals surface area contributed by atoms with E-state index < -0.39 is 0 Å². The molecule has 1 unspecified atom stereocenters. The van der Waals surface area contributed by atoms with Gasteiger partial charge in [-0.15, -0.1) is 0 Å². The van der Waals surface area contributed by atoms with Crippen molar-refractivity contribution in [3.8, 4) is 6.07 Å². The lowest BCUT2D eigenvalue weighted by Crippen LogP contribution is -2.23. The first-order valence-electron chi connectivity index (χ1n) is 5.45. The van der Waals surface area contributed by atoms with Gasteiger partial charge in [-0.05, 0) is 26.2 Å². The van der Waals surface area contributed by atoms with E-state index >= 15 is 0 Å². The molecule has 0 aromatic carbocycles. The average Bonchev–Trinajstić information content (AvgIpc) is 2.70. The fourth-order valence-electron chi connectivity index (χ4n) is 1.84. The summed E-state index contributed by atoms with van der Waals surface area (Å²) in [6.45, 7) is 10.4. The Kier molecular flexibility index (Phi) is 3.57. The van der Waals surface area contributed by atoms with Gasteiger partial charge in [-0.2, -0.15) is 5.26 Å². The molecule has 1 fully saturated rings. The summed E-state index contributed by atoms with van der Waals surface area (Å²) in [5.41, 5.74) is 0.924. The Labute approximate surface area is 87.2 Å². The zero-order chi connectivity index (χ0) is 10.6. The summed E-state index contributed by atoms with van der Waals surface area (Å²) in [6.07, 6.45) is 4.26. The van der Waals surface area contributed by atoms with Gasteiger partial charge in [-0.3, -0.25) is 0 Å². The summed E-state index contributed by atoms with van der Waals surface area (Å²) in [5, 5.41) is 9.07. The van der Waals surface area contributed by atoms with Crippen LogP contribution in [0.3, 0.4) is 0 Å². The summed E-state index contributed by atoms with van der Waals surface area (Å²) in [5.74, 6) is 0.